The number of aliphatic hydroxyl groups excluding tert-OH is 1. The fourth-order valence-electron chi connectivity index (χ4n) is 2.44. The number of amides is 2. The highest BCUT2D eigenvalue weighted by molar-refractivity contribution is 6.36. The molecule has 2 N–H and O–H groups in total. The number of hydrogen-bond acceptors (Lipinski definition) is 4. The van der Waals surface area contributed by atoms with Crippen molar-refractivity contribution in [2.45, 2.75) is 0 Å². The Kier molecular flexibility index (Phi) is 4.22. The molecule has 0 atom stereocenters. The van der Waals surface area contributed by atoms with Crippen LogP contribution in [-0.4, -0.2) is 24.0 Å². The lowest BCUT2D eigenvalue weighted by Crippen LogP contribution is -2.22. The van der Waals surface area contributed by atoms with E-state index in [-0.39, 0.29) is 5.57 Å². The Bertz CT molecular complexity index is 888. The fraction of sp³-hybridized carbons (Fsp3) is 0.0588. The maximum Gasteiger partial charge on any atom is 0.293 e. The van der Waals surface area contributed by atoms with E-state index in [1.807, 2.05) is 5.32 Å². The van der Waals surface area contributed by atoms with Gasteiger partial charge in [-0.1, -0.05) is 47.5 Å². The normalized spacial score (nSPS) is 14.1. The molecule has 2 amide bonds. The molecule has 7 heteroatoms. The molecule has 0 aliphatic carbocycles. The zero-order valence-electron chi connectivity index (χ0n) is 12.4. The number of rotatable bonds is 3. The van der Waals surface area contributed by atoms with Crippen molar-refractivity contribution < 1.29 is 19.4 Å². The summed E-state index contributed by atoms with van der Waals surface area (Å²) in [5, 5.41) is 12.6. The minimum absolute atomic E-state index is 0.0505. The number of halogens is 2. The van der Waals surface area contributed by atoms with Gasteiger partial charge in [0, 0.05) is 11.6 Å². The number of methoxy groups -OCH3 is 1. The Morgan fingerprint density at radius 3 is 2.12 bits per heavy atom. The highest BCUT2D eigenvalue weighted by Gasteiger charge is 2.30. The van der Waals surface area contributed by atoms with E-state index in [0.29, 0.717) is 26.9 Å². The van der Waals surface area contributed by atoms with Crippen molar-refractivity contribution in [3.05, 3.63) is 57.8 Å². The van der Waals surface area contributed by atoms with E-state index in [4.69, 9.17) is 27.9 Å². The minimum Gasteiger partial charge on any atom is -0.502 e. The molecule has 0 fully saturated rings. The molecule has 2 aromatic rings. The van der Waals surface area contributed by atoms with E-state index in [1.165, 1.54) is 7.11 Å². The van der Waals surface area contributed by atoms with Crippen LogP contribution >= 0.6 is 23.2 Å². The third-order valence-corrected chi connectivity index (χ3v) is 4.24. The summed E-state index contributed by atoms with van der Waals surface area (Å²) in [6.45, 7) is 0. The van der Waals surface area contributed by atoms with Crippen LogP contribution in [-0.2, 0) is 9.59 Å². The minimum atomic E-state index is -0.802. The molecule has 1 aliphatic heterocycles. The Balaban J connectivity index is 2.01. The first-order chi connectivity index (χ1) is 11.4. The second kappa shape index (κ2) is 6.19. The molecule has 5 nitrogen and oxygen atoms in total. The second-order valence-corrected chi connectivity index (χ2v) is 5.87. The fourth-order valence-corrected chi connectivity index (χ4v) is 2.94. The van der Waals surface area contributed by atoms with Gasteiger partial charge in [0.25, 0.3) is 11.8 Å². The molecule has 122 valence electrons. The Morgan fingerprint density at radius 1 is 0.958 bits per heavy atom. The van der Waals surface area contributed by atoms with Crippen LogP contribution in [0.15, 0.2) is 42.2 Å². The Morgan fingerprint density at radius 2 is 1.58 bits per heavy atom. The molecule has 24 heavy (non-hydrogen) atoms. The van der Waals surface area contributed by atoms with Crippen LogP contribution in [0.3, 0.4) is 0 Å². The first-order valence-electron chi connectivity index (χ1n) is 6.85. The lowest BCUT2D eigenvalue weighted by molar-refractivity contribution is -0.124. The Hall–Kier alpha value is -2.50. The molecule has 0 bridgehead atoms. The van der Waals surface area contributed by atoms with Gasteiger partial charge in [0.2, 0.25) is 0 Å². The summed E-state index contributed by atoms with van der Waals surface area (Å²) in [4.78, 5) is 23.0. The van der Waals surface area contributed by atoms with E-state index in [1.54, 1.807) is 36.4 Å². The van der Waals surface area contributed by atoms with Gasteiger partial charge in [-0.15, -0.1) is 0 Å². The predicted molar refractivity (Wildman–Crippen MR) is 91.1 cm³/mol. The van der Waals surface area contributed by atoms with Crippen molar-refractivity contribution in [2.75, 3.05) is 7.11 Å². The van der Waals surface area contributed by atoms with Gasteiger partial charge >= 0.3 is 0 Å². The molecule has 0 saturated heterocycles. The van der Waals surface area contributed by atoms with Crippen LogP contribution in [0.25, 0.3) is 16.7 Å². The van der Waals surface area contributed by atoms with Crippen molar-refractivity contribution in [1.82, 2.24) is 5.32 Å². The number of hydrogen-bond donors (Lipinski definition) is 2. The molecule has 1 aliphatic rings. The summed E-state index contributed by atoms with van der Waals surface area (Å²) < 4.78 is 5.11. The van der Waals surface area contributed by atoms with Gasteiger partial charge in [-0.05, 0) is 17.2 Å². The van der Waals surface area contributed by atoms with Gasteiger partial charge in [-0.2, -0.15) is 0 Å². The third kappa shape index (κ3) is 2.72. The summed E-state index contributed by atoms with van der Waals surface area (Å²) in [5.41, 5.74) is 1.83. The number of carbonyl (C=O) groups is 2. The summed E-state index contributed by atoms with van der Waals surface area (Å²) in [6, 6.07) is 9.97. The molecule has 1 heterocycles. The number of imide groups is 1. The van der Waals surface area contributed by atoms with Crippen LogP contribution in [0.4, 0.5) is 0 Å². The molecule has 0 aromatic heterocycles. The van der Waals surface area contributed by atoms with Gasteiger partial charge in [-0.3, -0.25) is 14.9 Å². The summed E-state index contributed by atoms with van der Waals surface area (Å²) >= 11 is 12.4. The van der Waals surface area contributed by atoms with Crippen molar-refractivity contribution in [2.24, 2.45) is 0 Å². The van der Waals surface area contributed by atoms with Crippen molar-refractivity contribution in [3.8, 4) is 16.9 Å². The van der Waals surface area contributed by atoms with Gasteiger partial charge in [0.05, 0.1) is 22.7 Å². The first-order valence-corrected chi connectivity index (χ1v) is 7.60. The monoisotopic (exact) mass is 363 g/mol. The molecular weight excluding hydrogens is 353 g/mol. The standard InChI is InChI=1S/C17H11Cl2NO4/c1-24-13-7-11(18)10(6-12(13)19)8-2-4-9(5-3-8)14-15(21)17(23)20-16(14)22/h2-7H,1H3,(H2,20,21,22,23). The predicted octanol–water partition coefficient (Wildman–Crippen LogP) is 3.59. The topological polar surface area (TPSA) is 75.6 Å². The van der Waals surface area contributed by atoms with Crippen LogP contribution in [0, 0.1) is 0 Å². The second-order valence-electron chi connectivity index (χ2n) is 5.05. The van der Waals surface area contributed by atoms with Crippen LogP contribution < -0.4 is 10.1 Å². The lowest BCUT2D eigenvalue weighted by Gasteiger charge is -2.10. The SMILES string of the molecule is COc1cc(Cl)c(-c2ccc(C3=C(O)C(=O)NC3=O)cc2)cc1Cl. The smallest absolute Gasteiger partial charge is 0.293 e. The summed E-state index contributed by atoms with van der Waals surface area (Å²) in [5.74, 6) is -1.55. The van der Waals surface area contributed by atoms with Crippen molar-refractivity contribution in [1.29, 1.82) is 0 Å². The zero-order valence-corrected chi connectivity index (χ0v) is 13.9. The molecule has 0 unspecified atom stereocenters. The lowest BCUT2D eigenvalue weighted by atomic mass is 10.00. The van der Waals surface area contributed by atoms with Crippen LogP contribution in [0.2, 0.25) is 10.0 Å². The van der Waals surface area contributed by atoms with Gasteiger partial charge in [0.1, 0.15) is 5.75 Å². The van der Waals surface area contributed by atoms with Crippen molar-refractivity contribution >= 4 is 40.6 Å². The largest absolute Gasteiger partial charge is 0.502 e. The maximum absolute atomic E-state index is 11.7. The molecule has 2 aromatic carbocycles. The molecule has 3 rings (SSSR count). The first kappa shape index (κ1) is 16.4. The Labute approximate surface area is 147 Å². The van der Waals surface area contributed by atoms with E-state index in [9.17, 15) is 14.7 Å². The number of nitrogens with one attached hydrogen (secondary N) is 1. The number of carbonyl (C=O) groups excluding carboxylic acids is 2. The highest BCUT2D eigenvalue weighted by atomic mass is 35.5. The van der Waals surface area contributed by atoms with Crippen molar-refractivity contribution in [3.63, 3.8) is 0 Å². The van der Waals surface area contributed by atoms with Gasteiger partial charge < -0.3 is 9.84 Å². The van der Waals surface area contributed by atoms with E-state index in [2.05, 4.69) is 0 Å². The maximum atomic E-state index is 11.7. The van der Waals surface area contributed by atoms with E-state index in [0.717, 1.165) is 5.56 Å². The summed E-state index contributed by atoms with van der Waals surface area (Å²) in [7, 11) is 1.50. The molecule has 0 radical (unpaired) electrons. The molecular formula is C17H11Cl2NO4. The number of aliphatic hydroxyl groups is 1. The van der Waals surface area contributed by atoms with E-state index < -0.39 is 17.6 Å². The van der Waals surface area contributed by atoms with Gasteiger partial charge in [-0.25, -0.2) is 0 Å². The average molecular weight is 364 g/mol. The number of ether oxygens (including phenoxy) is 1. The summed E-state index contributed by atoms with van der Waals surface area (Å²) in [6.07, 6.45) is 0. The van der Waals surface area contributed by atoms with Gasteiger partial charge in [0.15, 0.2) is 5.76 Å². The highest BCUT2D eigenvalue weighted by Crippen LogP contribution is 2.37. The number of benzene rings is 2. The third-order valence-electron chi connectivity index (χ3n) is 3.63. The van der Waals surface area contributed by atoms with Crippen LogP contribution in [0.5, 0.6) is 5.75 Å². The average Bonchev–Trinajstić information content (AvgIpc) is 2.82. The molecule has 0 saturated carbocycles. The van der Waals surface area contributed by atoms with E-state index >= 15 is 0 Å². The van der Waals surface area contributed by atoms with Crippen LogP contribution in [0.1, 0.15) is 5.56 Å². The molecule has 0 spiro atoms. The zero-order chi connectivity index (χ0) is 17.4. The quantitative estimate of drug-likeness (QED) is 0.817.